The molecule has 0 aliphatic carbocycles. The third-order valence-electron chi connectivity index (χ3n) is 2.74. The van der Waals surface area contributed by atoms with Crippen LogP contribution < -0.4 is 0 Å². The smallest absolute Gasteiger partial charge is 0.410 e. The van der Waals surface area contributed by atoms with Gasteiger partial charge in [-0.1, -0.05) is 85.0 Å². The fourth-order valence-corrected chi connectivity index (χ4v) is 1.73. The Balaban J connectivity index is 1.52. The number of hydrogen-bond donors (Lipinski definition) is 0. The molecule has 0 atom stereocenters. The van der Waals surface area contributed by atoms with Gasteiger partial charge in [-0.25, -0.2) is 0 Å². The van der Waals surface area contributed by atoms with E-state index in [1.54, 1.807) is 0 Å². The Labute approximate surface area is 127 Å². The van der Waals surface area contributed by atoms with Crippen molar-refractivity contribution in [3.05, 3.63) is 83.9 Å². The van der Waals surface area contributed by atoms with Gasteiger partial charge in [0.25, 0.3) is 0 Å². The largest absolute Gasteiger partial charge is 0.488 e. The summed E-state index contributed by atoms with van der Waals surface area (Å²) in [6, 6.07) is 20.2. The molecular formula is C18H18BO2. The lowest BCUT2D eigenvalue weighted by atomic mass is 10.2. The summed E-state index contributed by atoms with van der Waals surface area (Å²) in [5.74, 6) is 0. The molecule has 0 aliphatic rings. The quantitative estimate of drug-likeness (QED) is 0.536. The highest BCUT2D eigenvalue weighted by molar-refractivity contribution is 6.18. The zero-order valence-electron chi connectivity index (χ0n) is 11.9. The zero-order valence-corrected chi connectivity index (χ0v) is 11.9. The number of benzene rings is 2. The van der Waals surface area contributed by atoms with Crippen molar-refractivity contribution in [1.29, 1.82) is 0 Å². The molecule has 3 heteroatoms. The van der Waals surface area contributed by atoms with Crippen molar-refractivity contribution in [3.63, 3.8) is 0 Å². The molecule has 2 nitrogen and oxygen atoms in total. The molecule has 0 N–H and O–H groups in total. The van der Waals surface area contributed by atoms with Gasteiger partial charge in [0, 0.05) is 13.2 Å². The van der Waals surface area contributed by atoms with Crippen LogP contribution in [-0.4, -0.2) is 20.9 Å². The van der Waals surface area contributed by atoms with E-state index in [1.807, 2.05) is 85.0 Å². The molecule has 0 fully saturated rings. The Kier molecular flexibility index (Phi) is 7.10. The summed E-state index contributed by atoms with van der Waals surface area (Å²) in [6.45, 7) is 0.995. The first kappa shape index (κ1) is 15.3. The van der Waals surface area contributed by atoms with Crippen molar-refractivity contribution in [1.82, 2.24) is 0 Å². The van der Waals surface area contributed by atoms with E-state index in [9.17, 15) is 0 Å². The van der Waals surface area contributed by atoms with Crippen LogP contribution in [0, 0.1) is 0 Å². The molecule has 0 saturated heterocycles. The van der Waals surface area contributed by atoms with Crippen molar-refractivity contribution in [2.75, 3.05) is 13.2 Å². The highest BCUT2D eigenvalue weighted by Crippen LogP contribution is 2.01. The van der Waals surface area contributed by atoms with Crippen LogP contribution >= 0.6 is 0 Å². The fourth-order valence-electron chi connectivity index (χ4n) is 1.73. The molecule has 0 unspecified atom stereocenters. The van der Waals surface area contributed by atoms with E-state index in [4.69, 9.17) is 9.31 Å². The number of hydrogen-bond acceptors (Lipinski definition) is 2. The predicted octanol–water partition coefficient (Wildman–Crippen LogP) is 3.98. The molecular weight excluding hydrogens is 259 g/mol. The van der Waals surface area contributed by atoms with Crippen molar-refractivity contribution in [3.8, 4) is 0 Å². The first-order chi connectivity index (χ1) is 10.4. The van der Waals surface area contributed by atoms with Crippen LogP contribution in [-0.2, 0) is 9.31 Å². The second-order valence-electron chi connectivity index (χ2n) is 4.39. The van der Waals surface area contributed by atoms with E-state index in [0.29, 0.717) is 13.2 Å². The molecule has 0 aliphatic heterocycles. The molecule has 2 aromatic carbocycles. The molecule has 0 bridgehead atoms. The summed E-state index contributed by atoms with van der Waals surface area (Å²) >= 11 is 0. The average molecular weight is 277 g/mol. The van der Waals surface area contributed by atoms with Crippen LogP contribution in [0.5, 0.6) is 0 Å². The third kappa shape index (κ3) is 6.75. The van der Waals surface area contributed by atoms with Crippen LogP contribution in [0.4, 0.5) is 0 Å². The Hall–Kier alpha value is -2.10. The topological polar surface area (TPSA) is 18.5 Å². The second kappa shape index (κ2) is 9.75. The summed E-state index contributed by atoms with van der Waals surface area (Å²) in [6.07, 6.45) is 7.94. The van der Waals surface area contributed by atoms with E-state index in [1.165, 1.54) is 7.69 Å². The van der Waals surface area contributed by atoms with Crippen molar-refractivity contribution < 1.29 is 9.31 Å². The minimum absolute atomic E-state index is 0.497. The van der Waals surface area contributed by atoms with Crippen molar-refractivity contribution >= 4 is 19.8 Å². The molecule has 0 amide bonds. The van der Waals surface area contributed by atoms with Gasteiger partial charge >= 0.3 is 7.69 Å². The van der Waals surface area contributed by atoms with Crippen molar-refractivity contribution in [2.45, 2.75) is 0 Å². The van der Waals surface area contributed by atoms with Gasteiger partial charge in [0.1, 0.15) is 0 Å². The van der Waals surface area contributed by atoms with Gasteiger partial charge in [-0.15, -0.1) is 0 Å². The molecule has 21 heavy (non-hydrogen) atoms. The van der Waals surface area contributed by atoms with Crippen LogP contribution in [0.2, 0.25) is 0 Å². The SMILES string of the molecule is [B](OC/C=C/c1ccccc1)OC/C=C/c1ccccc1. The lowest BCUT2D eigenvalue weighted by molar-refractivity contribution is 0.261. The van der Waals surface area contributed by atoms with Gasteiger partial charge in [0.15, 0.2) is 0 Å². The zero-order chi connectivity index (χ0) is 14.6. The van der Waals surface area contributed by atoms with Gasteiger partial charge in [-0.3, -0.25) is 0 Å². The summed E-state index contributed by atoms with van der Waals surface area (Å²) < 4.78 is 10.5. The average Bonchev–Trinajstić information content (AvgIpc) is 2.55. The fraction of sp³-hybridized carbons (Fsp3) is 0.111. The molecule has 0 saturated carbocycles. The van der Waals surface area contributed by atoms with Crippen LogP contribution in [0.1, 0.15) is 11.1 Å². The van der Waals surface area contributed by atoms with Gasteiger partial charge in [-0.2, -0.15) is 0 Å². The maximum atomic E-state index is 5.24. The van der Waals surface area contributed by atoms with Gasteiger partial charge < -0.3 is 9.31 Å². The highest BCUT2D eigenvalue weighted by atomic mass is 16.6. The molecule has 2 rings (SSSR count). The first-order valence-electron chi connectivity index (χ1n) is 6.93. The van der Waals surface area contributed by atoms with Gasteiger partial charge in [0.05, 0.1) is 0 Å². The first-order valence-corrected chi connectivity index (χ1v) is 6.93. The summed E-state index contributed by atoms with van der Waals surface area (Å²) in [5, 5.41) is 0. The predicted molar refractivity (Wildman–Crippen MR) is 88.6 cm³/mol. The highest BCUT2D eigenvalue weighted by Gasteiger charge is 1.90. The molecule has 0 spiro atoms. The molecule has 2 aromatic rings. The molecule has 0 aromatic heterocycles. The van der Waals surface area contributed by atoms with E-state index >= 15 is 0 Å². The molecule has 1 radical (unpaired) electrons. The van der Waals surface area contributed by atoms with E-state index in [-0.39, 0.29) is 0 Å². The maximum absolute atomic E-state index is 5.24. The van der Waals surface area contributed by atoms with Crippen LogP contribution in [0.15, 0.2) is 72.8 Å². The van der Waals surface area contributed by atoms with Gasteiger partial charge in [0.2, 0.25) is 0 Å². The summed E-state index contributed by atoms with van der Waals surface area (Å²) in [7, 11) is 1.38. The minimum atomic E-state index is 0.497. The third-order valence-corrected chi connectivity index (χ3v) is 2.74. The Bertz CT molecular complexity index is 498. The number of rotatable bonds is 8. The second-order valence-corrected chi connectivity index (χ2v) is 4.39. The monoisotopic (exact) mass is 277 g/mol. The van der Waals surface area contributed by atoms with E-state index < -0.39 is 0 Å². The standard InChI is InChI=1S/C18H18BO2/c1-3-9-17(10-4-1)13-7-15-20-19-21-16-8-14-18-11-5-2-6-12-18/h1-14H,15-16H2/b13-7+,14-8+. The maximum Gasteiger partial charge on any atom is 0.488 e. The normalized spacial score (nSPS) is 11.2. The Morgan fingerprint density at radius 1 is 0.667 bits per heavy atom. The van der Waals surface area contributed by atoms with Crippen molar-refractivity contribution in [2.24, 2.45) is 0 Å². The Morgan fingerprint density at radius 2 is 1.10 bits per heavy atom. The lowest BCUT2D eigenvalue weighted by Gasteiger charge is -1.98. The van der Waals surface area contributed by atoms with E-state index in [0.717, 1.165) is 11.1 Å². The van der Waals surface area contributed by atoms with Crippen LogP contribution in [0.25, 0.3) is 12.2 Å². The lowest BCUT2D eigenvalue weighted by Crippen LogP contribution is -2.04. The Morgan fingerprint density at radius 3 is 1.52 bits per heavy atom. The summed E-state index contributed by atoms with van der Waals surface area (Å²) in [4.78, 5) is 0. The summed E-state index contributed by atoms with van der Waals surface area (Å²) in [5.41, 5.74) is 2.32. The van der Waals surface area contributed by atoms with Gasteiger partial charge in [-0.05, 0) is 11.1 Å². The molecule has 0 heterocycles. The van der Waals surface area contributed by atoms with E-state index in [2.05, 4.69) is 0 Å². The molecule has 105 valence electrons. The van der Waals surface area contributed by atoms with Crippen LogP contribution in [0.3, 0.4) is 0 Å². The minimum Gasteiger partial charge on any atom is -0.410 e.